The number of para-hydroxylation sites is 1. The Balaban J connectivity index is 2.18. The molecule has 0 unspecified atom stereocenters. The van der Waals surface area contributed by atoms with Gasteiger partial charge < -0.3 is 21.6 Å². The average Bonchev–Trinajstić information content (AvgIpc) is 2.35. The van der Waals surface area contributed by atoms with Gasteiger partial charge in [0.15, 0.2) is 0 Å². The molecule has 0 fully saturated rings. The predicted octanol–water partition coefficient (Wildman–Crippen LogP) is 1.33. The molecule has 0 radical (unpaired) electrons. The molecule has 0 bridgehead atoms. The zero-order valence-corrected chi connectivity index (χ0v) is 9.39. The molecule has 0 aliphatic heterocycles. The van der Waals surface area contributed by atoms with Crippen LogP contribution < -0.4 is 16.4 Å². The number of rotatable bonds is 5. The lowest BCUT2D eigenvalue weighted by Gasteiger charge is -2.06. The SMILES string of the molecule is NC(CCCNC(=O)Nc1ccccc1)=NO. The second-order valence-corrected chi connectivity index (χ2v) is 3.44. The molecule has 0 saturated carbocycles. The van der Waals surface area contributed by atoms with Crippen molar-refractivity contribution < 1.29 is 10.0 Å². The van der Waals surface area contributed by atoms with Crippen molar-refractivity contribution in [1.82, 2.24) is 5.32 Å². The molecular weight excluding hydrogens is 220 g/mol. The zero-order chi connectivity index (χ0) is 12.5. The number of carbonyl (C=O) groups is 1. The molecule has 5 N–H and O–H groups in total. The Morgan fingerprint density at radius 2 is 2.06 bits per heavy atom. The summed E-state index contributed by atoms with van der Waals surface area (Å²) in [5.41, 5.74) is 6.02. The first-order valence-corrected chi connectivity index (χ1v) is 5.28. The van der Waals surface area contributed by atoms with Crippen LogP contribution in [0.15, 0.2) is 35.5 Å². The number of hydrogen-bond donors (Lipinski definition) is 4. The summed E-state index contributed by atoms with van der Waals surface area (Å²) in [5, 5.41) is 16.5. The van der Waals surface area contributed by atoms with Crippen LogP contribution in [0.3, 0.4) is 0 Å². The van der Waals surface area contributed by atoms with Crippen LogP contribution in [-0.2, 0) is 0 Å². The number of amidine groups is 1. The first kappa shape index (κ1) is 12.8. The van der Waals surface area contributed by atoms with Gasteiger partial charge >= 0.3 is 6.03 Å². The standard InChI is InChI=1S/C11H16N4O2/c12-10(15-17)7-4-8-13-11(16)14-9-5-2-1-3-6-9/h1-3,5-6,17H,4,7-8H2,(H2,12,15)(H2,13,14,16). The Morgan fingerprint density at radius 3 is 2.71 bits per heavy atom. The second kappa shape index (κ2) is 7.10. The van der Waals surface area contributed by atoms with Crippen molar-refractivity contribution in [2.75, 3.05) is 11.9 Å². The maximum Gasteiger partial charge on any atom is 0.319 e. The quantitative estimate of drug-likeness (QED) is 0.204. The van der Waals surface area contributed by atoms with E-state index in [9.17, 15) is 4.79 Å². The molecule has 17 heavy (non-hydrogen) atoms. The number of hydrogen-bond acceptors (Lipinski definition) is 3. The van der Waals surface area contributed by atoms with E-state index in [0.29, 0.717) is 19.4 Å². The number of amides is 2. The second-order valence-electron chi connectivity index (χ2n) is 3.44. The first-order valence-electron chi connectivity index (χ1n) is 5.28. The van der Waals surface area contributed by atoms with Gasteiger partial charge in [-0.05, 0) is 18.6 Å². The highest BCUT2D eigenvalue weighted by Gasteiger charge is 2.00. The lowest BCUT2D eigenvalue weighted by Crippen LogP contribution is -2.30. The summed E-state index contributed by atoms with van der Waals surface area (Å²) in [5.74, 6) is 0.162. The van der Waals surface area contributed by atoms with Gasteiger partial charge in [0.05, 0.1) is 0 Å². The highest BCUT2D eigenvalue weighted by molar-refractivity contribution is 5.89. The van der Waals surface area contributed by atoms with Crippen molar-refractivity contribution in [2.24, 2.45) is 10.9 Å². The fourth-order valence-corrected chi connectivity index (χ4v) is 1.22. The Bertz CT molecular complexity index is 378. The van der Waals surface area contributed by atoms with E-state index in [-0.39, 0.29) is 11.9 Å². The zero-order valence-electron chi connectivity index (χ0n) is 9.39. The molecule has 0 aliphatic carbocycles. The molecule has 6 heteroatoms. The molecule has 0 aromatic heterocycles. The number of nitrogens with one attached hydrogen (secondary N) is 2. The topological polar surface area (TPSA) is 99.7 Å². The number of nitrogens with zero attached hydrogens (tertiary/aromatic N) is 1. The number of urea groups is 1. The molecule has 1 aromatic carbocycles. The summed E-state index contributed by atoms with van der Waals surface area (Å²) in [6.45, 7) is 0.467. The van der Waals surface area contributed by atoms with E-state index in [2.05, 4.69) is 15.8 Å². The largest absolute Gasteiger partial charge is 0.409 e. The van der Waals surface area contributed by atoms with Crippen LogP contribution in [0.5, 0.6) is 0 Å². The molecule has 0 spiro atoms. The van der Waals surface area contributed by atoms with Gasteiger partial charge in [0, 0.05) is 18.7 Å². The third kappa shape index (κ3) is 5.41. The summed E-state index contributed by atoms with van der Waals surface area (Å²) in [7, 11) is 0. The Hall–Kier alpha value is -2.24. The van der Waals surface area contributed by atoms with Crippen molar-refractivity contribution in [3.8, 4) is 0 Å². The summed E-state index contributed by atoms with van der Waals surface area (Å²) in [6, 6.07) is 8.89. The van der Waals surface area contributed by atoms with Gasteiger partial charge in [-0.3, -0.25) is 0 Å². The summed E-state index contributed by atoms with van der Waals surface area (Å²) in [4.78, 5) is 11.4. The molecule has 6 nitrogen and oxygen atoms in total. The Labute approximate surface area is 99.5 Å². The highest BCUT2D eigenvalue weighted by atomic mass is 16.4. The fraction of sp³-hybridized carbons (Fsp3) is 0.273. The van der Waals surface area contributed by atoms with E-state index in [4.69, 9.17) is 10.9 Å². The third-order valence-corrected chi connectivity index (χ3v) is 2.06. The third-order valence-electron chi connectivity index (χ3n) is 2.06. The number of benzene rings is 1. The van der Waals surface area contributed by atoms with Gasteiger partial charge in [0.25, 0.3) is 0 Å². The number of carbonyl (C=O) groups excluding carboxylic acids is 1. The molecule has 0 saturated heterocycles. The van der Waals surface area contributed by atoms with Crippen LogP contribution in [-0.4, -0.2) is 23.6 Å². The van der Waals surface area contributed by atoms with E-state index in [1.807, 2.05) is 18.2 Å². The summed E-state index contributed by atoms with van der Waals surface area (Å²) < 4.78 is 0. The lowest BCUT2D eigenvalue weighted by molar-refractivity contribution is 0.252. The van der Waals surface area contributed by atoms with Crippen LogP contribution in [0.2, 0.25) is 0 Å². The van der Waals surface area contributed by atoms with Gasteiger partial charge in [-0.2, -0.15) is 0 Å². The average molecular weight is 236 g/mol. The minimum absolute atomic E-state index is 0.162. The van der Waals surface area contributed by atoms with Crippen molar-refractivity contribution in [1.29, 1.82) is 0 Å². The van der Waals surface area contributed by atoms with Crippen molar-refractivity contribution in [3.63, 3.8) is 0 Å². The maximum absolute atomic E-state index is 11.4. The minimum Gasteiger partial charge on any atom is -0.409 e. The lowest BCUT2D eigenvalue weighted by atomic mass is 10.3. The molecule has 1 rings (SSSR count). The van der Waals surface area contributed by atoms with Crippen molar-refractivity contribution >= 4 is 17.6 Å². The molecule has 0 atom stereocenters. The van der Waals surface area contributed by atoms with Crippen molar-refractivity contribution in [2.45, 2.75) is 12.8 Å². The Kier molecular flexibility index (Phi) is 5.36. The van der Waals surface area contributed by atoms with Gasteiger partial charge in [0.2, 0.25) is 0 Å². The fourth-order valence-electron chi connectivity index (χ4n) is 1.22. The van der Waals surface area contributed by atoms with Crippen LogP contribution in [0.25, 0.3) is 0 Å². The van der Waals surface area contributed by atoms with Crippen LogP contribution in [0, 0.1) is 0 Å². The van der Waals surface area contributed by atoms with Gasteiger partial charge in [-0.1, -0.05) is 23.4 Å². The molecule has 0 aliphatic rings. The van der Waals surface area contributed by atoms with Crippen LogP contribution in [0.1, 0.15) is 12.8 Å². The summed E-state index contributed by atoms with van der Waals surface area (Å²) in [6.07, 6.45) is 1.07. The number of oxime groups is 1. The molecule has 2 amide bonds. The molecule has 0 heterocycles. The van der Waals surface area contributed by atoms with Gasteiger partial charge in [-0.25, -0.2) is 4.79 Å². The number of anilines is 1. The van der Waals surface area contributed by atoms with Crippen molar-refractivity contribution in [3.05, 3.63) is 30.3 Å². The van der Waals surface area contributed by atoms with E-state index in [1.165, 1.54) is 0 Å². The monoisotopic (exact) mass is 236 g/mol. The molecule has 92 valence electrons. The van der Waals surface area contributed by atoms with Gasteiger partial charge in [0.1, 0.15) is 5.84 Å². The molecular formula is C11H16N4O2. The normalized spacial score (nSPS) is 10.9. The van der Waals surface area contributed by atoms with Crippen LogP contribution >= 0.6 is 0 Å². The predicted molar refractivity (Wildman–Crippen MR) is 66.1 cm³/mol. The van der Waals surface area contributed by atoms with E-state index < -0.39 is 0 Å². The number of nitrogens with two attached hydrogens (primary N) is 1. The van der Waals surface area contributed by atoms with Gasteiger partial charge in [-0.15, -0.1) is 0 Å². The highest BCUT2D eigenvalue weighted by Crippen LogP contribution is 2.03. The first-order chi connectivity index (χ1) is 8.22. The van der Waals surface area contributed by atoms with E-state index in [1.54, 1.807) is 12.1 Å². The maximum atomic E-state index is 11.4. The minimum atomic E-state index is -0.268. The smallest absolute Gasteiger partial charge is 0.319 e. The molecule has 1 aromatic rings. The van der Waals surface area contributed by atoms with E-state index >= 15 is 0 Å². The summed E-state index contributed by atoms with van der Waals surface area (Å²) >= 11 is 0. The van der Waals surface area contributed by atoms with E-state index in [0.717, 1.165) is 5.69 Å². The van der Waals surface area contributed by atoms with Crippen LogP contribution in [0.4, 0.5) is 10.5 Å². The Morgan fingerprint density at radius 1 is 1.35 bits per heavy atom.